The van der Waals surface area contributed by atoms with Crippen LogP contribution in [0.2, 0.25) is 0 Å². The van der Waals surface area contributed by atoms with E-state index < -0.39 is 22.7 Å². The van der Waals surface area contributed by atoms with Crippen LogP contribution in [0.3, 0.4) is 0 Å². The molecule has 0 spiro atoms. The molecular weight excluding hydrogens is 470 g/mol. The number of aryl methyl sites for hydroxylation is 2. The van der Waals surface area contributed by atoms with Crippen molar-refractivity contribution in [2.75, 3.05) is 19.6 Å². The third-order valence-electron chi connectivity index (χ3n) is 5.85. The predicted octanol–water partition coefficient (Wildman–Crippen LogP) is 3.76. The SMILES string of the molecule is Cc1ccc(-c2nc(C)c(COc3cccc(CN(CC(=O)O)S(=O)(=O)N4CCCC4)c3)o2)cc1. The van der Waals surface area contributed by atoms with E-state index in [-0.39, 0.29) is 13.2 Å². The van der Waals surface area contributed by atoms with E-state index in [2.05, 4.69) is 4.98 Å². The average molecular weight is 500 g/mol. The minimum atomic E-state index is -3.87. The molecule has 10 heteroatoms. The lowest BCUT2D eigenvalue weighted by Gasteiger charge is -2.26. The van der Waals surface area contributed by atoms with Gasteiger partial charge in [-0.25, -0.2) is 4.98 Å². The van der Waals surface area contributed by atoms with Crippen LogP contribution in [0, 0.1) is 13.8 Å². The molecule has 0 unspecified atom stereocenters. The normalized spacial score (nSPS) is 14.5. The largest absolute Gasteiger partial charge is 0.486 e. The van der Waals surface area contributed by atoms with Crippen LogP contribution >= 0.6 is 0 Å². The molecule has 0 atom stereocenters. The van der Waals surface area contributed by atoms with Crippen LogP contribution < -0.4 is 4.74 Å². The Labute approximate surface area is 205 Å². The van der Waals surface area contributed by atoms with Crippen molar-refractivity contribution in [2.45, 2.75) is 39.8 Å². The van der Waals surface area contributed by atoms with Gasteiger partial charge in [-0.15, -0.1) is 0 Å². The van der Waals surface area contributed by atoms with Crippen molar-refractivity contribution in [3.05, 3.63) is 71.1 Å². The van der Waals surface area contributed by atoms with Crippen molar-refractivity contribution in [3.8, 4) is 17.2 Å². The second kappa shape index (κ2) is 10.6. The predicted molar refractivity (Wildman–Crippen MR) is 130 cm³/mol. The summed E-state index contributed by atoms with van der Waals surface area (Å²) in [6, 6.07) is 14.9. The maximum Gasteiger partial charge on any atom is 0.318 e. The fraction of sp³-hybridized carbons (Fsp3) is 0.360. The minimum absolute atomic E-state index is 0.0682. The summed E-state index contributed by atoms with van der Waals surface area (Å²) in [6.45, 7) is 4.15. The van der Waals surface area contributed by atoms with E-state index in [0.717, 1.165) is 34.0 Å². The number of rotatable bonds is 10. The van der Waals surface area contributed by atoms with Crippen LogP contribution in [0.5, 0.6) is 5.75 Å². The van der Waals surface area contributed by atoms with Gasteiger partial charge in [-0.3, -0.25) is 4.79 Å². The maximum absolute atomic E-state index is 13.0. The molecule has 2 aromatic carbocycles. The number of benzene rings is 2. The smallest absolute Gasteiger partial charge is 0.318 e. The first-order valence-corrected chi connectivity index (χ1v) is 12.8. The van der Waals surface area contributed by atoms with Crippen molar-refractivity contribution in [1.29, 1.82) is 0 Å². The zero-order chi connectivity index (χ0) is 25.0. The Kier molecular flexibility index (Phi) is 7.54. The first-order chi connectivity index (χ1) is 16.7. The van der Waals surface area contributed by atoms with Crippen LogP contribution in [0.1, 0.15) is 35.4 Å². The van der Waals surface area contributed by atoms with Gasteiger partial charge in [0.2, 0.25) is 5.89 Å². The summed E-state index contributed by atoms with van der Waals surface area (Å²) in [4.78, 5) is 15.9. The molecule has 1 aliphatic rings. The Morgan fingerprint density at radius 2 is 1.86 bits per heavy atom. The summed E-state index contributed by atoms with van der Waals surface area (Å²) >= 11 is 0. The molecule has 1 fully saturated rings. The third kappa shape index (κ3) is 6.08. The standard InChI is InChI=1S/C25H29N3O6S/c1-18-8-10-21(11-9-18)25-26-19(2)23(34-25)17-33-22-7-5-6-20(14-22)15-28(16-24(29)30)35(31,32)27-12-3-4-13-27/h5-11,14H,3-4,12-13,15-17H2,1-2H3,(H,29,30). The number of hydrogen-bond donors (Lipinski definition) is 1. The van der Waals surface area contributed by atoms with Gasteiger partial charge >= 0.3 is 5.97 Å². The molecule has 1 aromatic heterocycles. The first kappa shape index (κ1) is 24.9. The fourth-order valence-corrected chi connectivity index (χ4v) is 5.55. The van der Waals surface area contributed by atoms with E-state index in [9.17, 15) is 18.3 Å². The number of hydrogen-bond acceptors (Lipinski definition) is 6. The number of oxazole rings is 1. The van der Waals surface area contributed by atoms with Crippen LogP contribution in [-0.4, -0.2) is 52.7 Å². The molecular formula is C25H29N3O6S. The van der Waals surface area contributed by atoms with E-state index in [0.29, 0.717) is 36.1 Å². The molecule has 0 radical (unpaired) electrons. The highest BCUT2D eigenvalue weighted by atomic mass is 32.2. The molecule has 1 saturated heterocycles. The second-order valence-electron chi connectivity index (χ2n) is 8.61. The maximum atomic E-state index is 13.0. The van der Waals surface area contributed by atoms with E-state index in [4.69, 9.17) is 9.15 Å². The Morgan fingerprint density at radius 1 is 1.14 bits per heavy atom. The van der Waals surface area contributed by atoms with Crippen molar-refractivity contribution < 1.29 is 27.5 Å². The third-order valence-corrected chi connectivity index (χ3v) is 7.78. The summed E-state index contributed by atoms with van der Waals surface area (Å²) in [5.41, 5.74) is 3.38. The lowest BCUT2D eigenvalue weighted by molar-refractivity contribution is -0.137. The van der Waals surface area contributed by atoms with Gasteiger partial charge in [0.25, 0.3) is 10.2 Å². The second-order valence-corrected chi connectivity index (χ2v) is 10.5. The molecule has 186 valence electrons. The molecule has 0 aliphatic carbocycles. The van der Waals surface area contributed by atoms with Gasteiger partial charge in [-0.1, -0.05) is 29.8 Å². The molecule has 2 heterocycles. The highest BCUT2D eigenvalue weighted by Gasteiger charge is 2.33. The van der Waals surface area contributed by atoms with Crippen LogP contribution in [-0.2, 0) is 28.2 Å². The Balaban J connectivity index is 1.46. The fourth-order valence-electron chi connectivity index (χ4n) is 3.92. The summed E-state index contributed by atoms with van der Waals surface area (Å²) in [5, 5.41) is 9.29. The number of carbonyl (C=O) groups is 1. The van der Waals surface area contributed by atoms with Gasteiger partial charge < -0.3 is 14.3 Å². The van der Waals surface area contributed by atoms with E-state index in [1.165, 1.54) is 4.31 Å². The molecule has 4 rings (SSSR count). The zero-order valence-corrected chi connectivity index (χ0v) is 20.6. The number of aromatic nitrogens is 1. The molecule has 0 saturated carbocycles. The van der Waals surface area contributed by atoms with Crippen LogP contribution in [0.25, 0.3) is 11.5 Å². The van der Waals surface area contributed by atoms with Gasteiger partial charge in [0, 0.05) is 25.2 Å². The van der Waals surface area contributed by atoms with Gasteiger partial charge in [-0.05, 0) is 56.5 Å². The van der Waals surface area contributed by atoms with Gasteiger partial charge in [-0.2, -0.15) is 17.0 Å². The number of carboxylic acids is 1. The summed E-state index contributed by atoms with van der Waals surface area (Å²) < 4.78 is 40.1. The van der Waals surface area contributed by atoms with Crippen LogP contribution in [0.15, 0.2) is 52.9 Å². The molecule has 1 N–H and O–H groups in total. The monoisotopic (exact) mass is 499 g/mol. The van der Waals surface area contributed by atoms with E-state index >= 15 is 0 Å². The zero-order valence-electron chi connectivity index (χ0n) is 19.8. The number of carboxylic acid groups (broad SMARTS) is 1. The van der Waals surface area contributed by atoms with Crippen molar-refractivity contribution in [3.63, 3.8) is 0 Å². The number of aliphatic carboxylic acids is 1. The summed E-state index contributed by atoms with van der Waals surface area (Å²) in [7, 11) is -3.87. The number of nitrogens with zero attached hydrogens (tertiary/aromatic N) is 3. The Hall–Kier alpha value is -3.21. The quantitative estimate of drug-likeness (QED) is 0.452. The molecule has 3 aromatic rings. The molecule has 1 aliphatic heterocycles. The molecule has 0 bridgehead atoms. The van der Waals surface area contributed by atoms with Crippen molar-refractivity contribution >= 4 is 16.2 Å². The topological polar surface area (TPSA) is 113 Å². The van der Waals surface area contributed by atoms with Crippen molar-refractivity contribution in [1.82, 2.24) is 13.6 Å². The summed E-state index contributed by atoms with van der Waals surface area (Å²) in [6.07, 6.45) is 1.55. The Bertz CT molecular complexity index is 1280. The van der Waals surface area contributed by atoms with Gasteiger partial charge in [0.15, 0.2) is 5.76 Å². The molecule has 35 heavy (non-hydrogen) atoms. The summed E-state index contributed by atoms with van der Waals surface area (Å²) in [5.74, 6) is 0.427. The Morgan fingerprint density at radius 3 is 2.54 bits per heavy atom. The highest BCUT2D eigenvalue weighted by molar-refractivity contribution is 7.86. The van der Waals surface area contributed by atoms with Gasteiger partial charge in [0.1, 0.15) is 18.9 Å². The first-order valence-electron chi connectivity index (χ1n) is 11.4. The number of ether oxygens (including phenoxy) is 1. The van der Waals surface area contributed by atoms with Crippen LogP contribution in [0.4, 0.5) is 0 Å². The van der Waals surface area contributed by atoms with Gasteiger partial charge in [0.05, 0.1) is 5.69 Å². The van der Waals surface area contributed by atoms with E-state index in [1.807, 2.05) is 38.1 Å². The minimum Gasteiger partial charge on any atom is -0.486 e. The van der Waals surface area contributed by atoms with E-state index in [1.54, 1.807) is 24.3 Å². The average Bonchev–Trinajstić information content (AvgIpc) is 3.48. The lowest BCUT2D eigenvalue weighted by Crippen LogP contribution is -2.44. The highest BCUT2D eigenvalue weighted by Crippen LogP contribution is 2.25. The lowest BCUT2D eigenvalue weighted by atomic mass is 10.1. The van der Waals surface area contributed by atoms with Crippen molar-refractivity contribution in [2.24, 2.45) is 0 Å². The molecule has 0 amide bonds. The molecule has 9 nitrogen and oxygen atoms in total.